The third-order valence-electron chi connectivity index (χ3n) is 5.50. The number of hydrogen-bond acceptors (Lipinski definition) is 6. The number of alkyl halides is 3. The number of rotatable bonds is 6. The summed E-state index contributed by atoms with van der Waals surface area (Å²) in [4.78, 5) is 28.2. The van der Waals surface area contributed by atoms with Crippen LogP contribution in [0.25, 0.3) is 0 Å². The van der Waals surface area contributed by atoms with Crippen LogP contribution in [0.15, 0.2) is 33.9 Å². The van der Waals surface area contributed by atoms with Crippen LogP contribution in [0.4, 0.5) is 19.0 Å². The van der Waals surface area contributed by atoms with Crippen molar-refractivity contribution in [1.29, 1.82) is 5.26 Å². The van der Waals surface area contributed by atoms with Gasteiger partial charge in [0.25, 0.3) is 5.56 Å². The fraction of sp³-hybridized carbons (Fsp3) is 0.476. The Morgan fingerprint density at radius 3 is 2.38 bits per heavy atom. The Bertz CT molecular complexity index is 1130. The first-order valence-electron chi connectivity index (χ1n) is 10.1. The number of nitrogens with zero attached hydrogens (tertiary/aromatic N) is 5. The highest BCUT2D eigenvalue weighted by atomic mass is 19.4. The van der Waals surface area contributed by atoms with Crippen molar-refractivity contribution in [2.24, 2.45) is 14.1 Å². The van der Waals surface area contributed by atoms with Gasteiger partial charge in [0.2, 0.25) is 0 Å². The molecule has 3 rings (SSSR count). The molecule has 0 atom stereocenters. The van der Waals surface area contributed by atoms with Crippen molar-refractivity contribution in [3.05, 3.63) is 56.2 Å². The summed E-state index contributed by atoms with van der Waals surface area (Å²) < 4.78 is 47.1. The van der Waals surface area contributed by atoms with Crippen molar-refractivity contribution < 1.29 is 17.9 Å². The van der Waals surface area contributed by atoms with E-state index >= 15 is 0 Å². The topological polar surface area (TPSA) is 83.5 Å². The molecule has 0 unspecified atom stereocenters. The molecule has 1 aromatic carbocycles. The third-order valence-corrected chi connectivity index (χ3v) is 5.50. The summed E-state index contributed by atoms with van der Waals surface area (Å²) >= 11 is 0. The van der Waals surface area contributed by atoms with Crippen molar-refractivity contribution in [1.82, 2.24) is 14.0 Å². The second-order valence-corrected chi connectivity index (χ2v) is 7.59. The number of benzene rings is 1. The average molecular weight is 451 g/mol. The molecule has 1 aromatic heterocycles. The lowest BCUT2D eigenvalue weighted by atomic mass is 10.1. The molecule has 2 aromatic rings. The number of halogens is 3. The van der Waals surface area contributed by atoms with Crippen molar-refractivity contribution in [3.8, 4) is 11.8 Å². The maximum absolute atomic E-state index is 13.0. The van der Waals surface area contributed by atoms with Crippen molar-refractivity contribution >= 4 is 5.82 Å². The summed E-state index contributed by atoms with van der Waals surface area (Å²) in [6, 6.07) is 6.33. The summed E-state index contributed by atoms with van der Waals surface area (Å²) in [7, 11) is 3.07. The summed E-state index contributed by atoms with van der Waals surface area (Å²) in [6.07, 6.45) is -4.00. The Kier molecular flexibility index (Phi) is 6.93. The zero-order chi connectivity index (χ0) is 23.5. The van der Waals surface area contributed by atoms with E-state index in [0.717, 1.165) is 29.8 Å². The van der Waals surface area contributed by atoms with Crippen LogP contribution >= 0.6 is 0 Å². The average Bonchev–Trinajstić information content (AvgIpc) is 2.77. The van der Waals surface area contributed by atoms with Gasteiger partial charge in [-0.2, -0.15) is 18.4 Å². The summed E-state index contributed by atoms with van der Waals surface area (Å²) in [6.45, 7) is 3.67. The van der Waals surface area contributed by atoms with Crippen LogP contribution in [0.2, 0.25) is 0 Å². The van der Waals surface area contributed by atoms with E-state index in [1.807, 2.05) is 4.90 Å². The predicted molar refractivity (Wildman–Crippen MR) is 112 cm³/mol. The van der Waals surface area contributed by atoms with E-state index in [2.05, 4.69) is 4.90 Å². The number of aromatic nitrogens is 2. The minimum Gasteiger partial charge on any atom is -0.494 e. The normalized spacial score (nSPS) is 14.9. The van der Waals surface area contributed by atoms with Gasteiger partial charge < -0.3 is 9.64 Å². The first kappa shape index (κ1) is 23.4. The van der Waals surface area contributed by atoms with E-state index in [-0.39, 0.29) is 23.6 Å². The second-order valence-electron chi connectivity index (χ2n) is 7.59. The van der Waals surface area contributed by atoms with Gasteiger partial charge in [0.15, 0.2) is 0 Å². The van der Waals surface area contributed by atoms with Crippen LogP contribution in [0.3, 0.4) is 0 Å². The van der Waals surface area contributed by atoms with E-state index < -0.39 is 17.3 Å². The number of nitriles is 1. The molecule has 1 saturated heterocycles. The fourth-order valence-electron chi connectivity index (χ4n) is 3.65. The lowest BCUT2D eigenvalue weighted by molar-refractivity contribution is -0.137. The number of piperazine rings is 1. The summed E-state index contributed by atoms with van der Waals surface area (Å²) in [5.74, 6) is 0.662. The maximum Gasteiger partial charge on any atom is 0.417 e. The molecule has 32 heavy (non-hydrogen) atoms. The molecule has 1 aliphatic heterocycles. The second kappa shape index (κ2) is 9.48. The number of ether oxygens (including phenoxy) is 1. The molecule has 0 radical (unpaired) electrons. The molecule has 0 aliphatic carbocycles. The molecule has 0 N–H and O–H groups in total. The molecule has 11 heteroatoms. The Morgan fingerprint density at radius 1 is 1.06 bits per heavy atom. The standard InChI is InChI=1S/C21H24F3N5O3/c1-26-18(13-19(30)27(2)20(26)31)29-9-7-28(8-10-29)6-3-11-32-16-5-4-15(14-25)17(12-16)21(22,23)24/h4-5,12-13H,3,6-11H2,1-2H3. The van der Waals surface area contributed by atoms with E-state index in [4.69, 9.17) is 10.00 Å². The highest BCUT2D eigenvalue weighted by Crippen LogP contribution is 2.34. The lowest BCUT2D eigenvalue weighted by Gasteiger charge is -2.36. The SMILES string of the molecule is Cn1c(N2CCN(CCCOc3ccc(C#N)c(C(F)(F)F)c3)CC2)cc(=O)n(C)c1=O. The van der Waals surface area contributed by atoms with Gasteiger partial charge in [-0.25, -0.2) is 4.79 Å². The van der Waals surface area contributed by atoms with Crippen molar-refractivity contribution in [2.75, 3.05) is 44.2 Å². The van der Waals surface area contributed by atoms with Crippen molar-refractivity contribution in [2.45, 2.75) is 12.6 Å². The predicted octanol–water partition coefficient (Wildman–Crippen LogP) is 1.57. The zero-order valence-corrected chi connectivity index (χ0v) is 17.9. The van der Waals surface area contributed by atoms with Gasteiger partial charge in [-0.15, -0.1) is 0 Å². The van der Waals surface area contributed by atoms with Gasteiger partial charge in [-0.3, -0.25) is 18.8 Å². The van der Waals surface area contributed by atoms with E-state index in [9.17, 15) is 22.8 Å². The van der Waals surface area contributed by atoms with E-state index in [1.165, 1.54) is 23.7 Å². The van der Waals surface area contributed by atoms with Gasteiger partial charge in [0.05, 0.1) is 23.8 Å². The van der Waals surface area contributed by atoms with Crippen LogP contribution in [0.1, 0.15) is 17.5 Å². The first-order chi connectivity index (χ1) is 15.1. The highest BCUT2D eigenvalue weighted by Gasteiger charge is 2.34. The Morgan fingerprint density at radius 2 is 1.75 bits per heavy atom. The molecular weight excluding hydrogens is 427 g/mol. The van der Waals surface area contributed by atoms with Gasteiger partial charge in [-0.05, 0) is 24.6 Å². The van der Waals surface area contributed by atoms with Gasteiger partial charge in [0, 0.05) is 52.9 Å². The molecule has 0 amide bonds. The Hall–Kier alpha value is -3.26. The van der Waals surface area contributed by atoms with E-state index in [0.29, 0.717) is 31.9 Å². The van der Waals surface area contributed by atoms with Crippen LogP contribution in [-0.4, -0.2) is 53.4 Å². The number of hydrogen-bond donors (Lipinski definition) is 0. The van der Waals surface area contributed by atoms with Crippen LogP contribution < -0.4 is 20.9 Å². The molecule has 2 heterocycles. The van der Waals surface area contributed by atoms with Gasteiger partial charge in [0.1, 0.15) is 11.6 Å². The van der Waals surface area contributed by atoms with Crippen LogP contribution in [0, 0.1) is 11.3 Å². The highest BCUT2D eigenvalue weighted by molar-refractivity contribution is 5.44. The zero-order valence-electron chi connectivity index (χ0n) is 17.9. The lowest BCUT2D eigenvalue weighted by Crippen LogP contribution is -2.49. The van der Waals surface area contributed by atoms with Gasteiger partial charge >= 0.3 is 11.9 Å². The number of anilines is 1. The summed E-state index contributed by atoms with van der Waals surface area (Å²) in [5, 5.41) is 8.84. The third kappa shape index (κ3) is 5.13. The first-order valence-corrected chi connectivity index (χ1v) is 10.1. The molecule has 1 fully saturated rings. The van der Waals surface area contributed by atoms with Crippen LogP contribution in [-0.2, 0) is 20.3 Å². The Balaban J connectivity index is 1.49. The van der Waals surface area contributed by atoms with E-state index in [1.54, 1.807) is 13.1 Å². The fourth-order valence-corrected chi connectivity index (χ4v) is 3.65. The summed E-state index contributed by atoms with van der Waals surface area (Å²) in [5.41, 5.74) is -2.15. The minimum atomic E-state index is -4.61. The molecule has 0 saturated carbocycles. The maximum atomic E-state index is 13.0. The molecule has 0 spiro atoms. The molecule has 172 valence electrons. The molecular formula is C21H24F3N5O3. The van der Waals surface area contributed by atoms with Gasteiger partial charge in [-0.1, -0.05) is 0 Å². The quantitative estimate of drug-likeness (QED) is 0.620. The monoisotopic (exact) mass is 451 g/mol. The largest absolute Gasteiger partial charge is 0.494 e. The molecule has 8 nitrogen and oxygen atoms in total. The molecule has 1 aliphatic rings. The minimum absolute atomic E-state index is 0.0766. The molecule has 0 bridgehead atoms. The smallest absolute Gasteiger partial charge is 0.417 e. The van der Waals surface area contributed by atoms with Crippen LogP contribution in [0.5, 0.6) is 5.75 Å². The Labute approximate surface area is 182 Å². The van der Waals surface area contributed by atoms with Crippen molar-refractivity contribution in [3.63, 3.8) is 0 Å².